The van der Waals surface area contributed by atoms with Gasteiger partial charge in [-0.25, -0.2) is 26.7 Å². The molecule has 0 rings (SSSR count). The third-order valence-electron chi connectivity index (χ3n) is 2.29. The van der Waals surface area contributed by atoms with Crippen LogP contribution in [0.25, 0.3) is 0 Å². The molecule has 2 nitrogen and oxygen atoms in total. The Morgan fingerprint density at radius 3 is 1.73 bits per heavy atom. The summed E-state index contributed by atoms with van der Waals surface area (Å²) in [7, 11) is 0. The van der Waals surface area contributed by atoms with Gasteiger partial charge in [0.25, 0.3) is 6.43 Å². The van der Waals surface area contributed by atoms with Crippen LogP contribution in [-0.2, 0) is 9.53 Å². The summed E-state index contributed by atoms with van der Waals surface area (Å²) in [5, 5.41) is 0. The van der Waals surface area contributed by atoms with Crippen LogP contribution in [0.3, 0.4) is 0 Å². The number of ether oxygens (including phenoxy) is 1. The SMILES string of the molecule is C=CC(=O)OC(F)C(F)(F)C(F)(F)C(F)C(F)C(F)C(F)F. The van der Waals surface area contributed by atoms with Gasteiger partial charge >= 0.3 is 24.2 Å². The average molecular weight is 350 g/mol. The van der Waals surface area contributed by atoms with E-state index in [0.717, 1.165) is 0 Å². The van der Waals surface area contributed by atoms with Gasteiger partial charge in [-0.2, -0.15) is 22.0 Å². The number of halogens is 10. The quantitative estimate of drug-likeness (QED) is 0.380. The van der Waals surface area contributed by atoms with Crippen LogP contribution < -0.4 is 0 Å². The van der Waals surface area contributed by atoms with Crippen LogP contribution in [0, 0.1) is 0 Å². The molecule has 130 valence electrons. The van der Waals surface area contributed by atoms with Gasteiger partial charge < -0.3 is 4.74 Å². The van der Waals surface area contributed by atoms with Crippen LogP contribution >= 0.6 is 0 Å². The van der Waals surface area contributed by atoms with E-state index in [1.54, 1.807) is 0 Å². The standard InChI is InChI=1S/C10H8F10O2/c1-2-3(21)22-8(16)10(19,20)9(17,18)6(13)4(11)5(12)7(14)15/h2,4-8H,1H2. The summed E-state index contributed by atoms with van der Waals surface area (Å²) in [6.07, 6.45) is -22.0. The van der Waals surface area contributed by atoms with Crippen molar-refractivity contribution in [3.05, 3.63) is 12.7 Å². The second-order valence-electron chi connectivity index (χ2n) is 3.83. The van der Waals surface area contributed by atoms with Gasteiger partial charge in [0.2, 0.25) is 6.17 Å². The molecule has 0 saturated heterocycles. The van der Waals surface area contributed by atoms with Crippen LogP contribution in [0.2, 0.25) is 0 Å². The van der Waals surface area contributed by atoms with Gasteiger partial charge in [0.1, 0.15) is 0 Å². The maximum Gasteiger partial charge on any atom is 0.378 e. The molecule has 0 aromatic rings. The number of rotatable bonds is 8. The highest BCUT2D eigenvalue weighted by Gasteiger charge is 2.70. The van der Waals surface area contributed by atoms with E-state index < -0.39 is 49.1 Å². The highest BCUT2D eigenvalue weighted by Crippen LogP contribution is 2.44. The summed E-state index contributed by atoms with van der Waals surface area (Å²) >= 11 is 0. The number of alkyl halides is 10. The van der Waals surface area contributed by atoms with Crippen molar-refractivity contribution in [3.63, 3.8) is 0 Å². The Morgan fingerprint density at radius 2 is 1.36 bits per heavy atom. The highest BCUT2D eigenvalue weighted by atomic mass is 19.3. The maximum atomic E-state index is 13.0. The summed E-state index contributed by atoms with van der Waals surface area (Å²) in [5.41, 5.74) is 0. The fourth-order valence-corrected chi connectivity index (χ4v) is 1.06. The Balaban J connectivity index is 5.31. The number of hydrogen-bond acceptors (Lipinski definition) is 2. The monoisotopic (exact) mass is 350 g/mol. The van der Waals surface area contributed by atoms with E-state index in [1.165, 1.54) is 0 Å². The molecule has 4 unspecified atom stereocenters. The molecule has 0 aliphatic heterocycles. The van der Waals surface area contributed by atoms with Gasteiger partial charge in [0.05, 0.1) is 0 Å². The van der Waals surface area contributed by atoms with Crippen molar-refractivity contribution >= 4 is 5.97 Å². The minimum Gasteiger partial charge on any atom is -0.421 e. The fraction of sp³-hybridized carbons (Fsp3) is 0.700. The molecule has 0 N–H and O–H groups in total. The molecule has 0 fully saturated rings. The van der Waals surface area contributed by atoms with Crippen LogP contribution in [0.15, 0.2) is 12.7 Å². The van der Waals surface area contributed by atoms with Crippen molar-refractivity contribution in [2.45, 2.75) is 43.1 Å². The van der Waals surface area contributed by atoms with Crippen molar-refractivity contribution in [1.82, 2.24) is 0 Å². The lowest BCUT2D eigenvalue weighted by Gasteiger charge is -2.32. The Bertz CT molecular complexity index is 399. The van der Waals surface area contributed by atoms with Gasteiger partial charge in [-0.15, -0.1) is 0 Å². The molecule has 0 bridgehead atoms. The Kier molecular flexibility index (Phi) is 6.69. The minimum atomic E-state index is -6.29. The molecule has 0 radical (unpaired) electrons. The van der Waals surface area contributed by atoms with Gasteiger partial charge in [-0.1, -0.05) is 6.58 Å². The van der Waals surface area contributed by atoms with Crippen molar-refractivity contribution in [2.75, 3.05) is 0 Å². The fourth-order valence-electron chi connectivity index (χ4n) is 1.06. The molecule has 0 spiro atoms. The number of carbonyl (C=O) groups excluding carboxylic acids is 1. The summed E-state index contributed by atoms with van der Waals surface area (Å²) < 4.78 is 130. The van der Waals surface area contributed by atoms with Gasteiger partial charge in [-0.3, -0.25) is 0 Å². The van der Waals surface area contributed by atoms with E-state index in [4.69, 9.17) is 0 Å². The molecule has 0 aromatic heterocycles. The average Bonchev–Trinajstić information content (AvgIpc) is 2.43. The van der Waals surface area contributed by atoms with Gasteiger partial charge in [0, 0.05) is 6.08 Å². The number of carbonyl (C=O) groups is 1. The van der Waals surface area contributed by atoms with Crippen molar-refractivity contribution in [1.29, 1.82) is 0 Å². The first-order chi connectivity index (χ1) is 9.80. The second-order valence-corrected chi connectivity index (χ2v) is 3.83. The Morgan fingerprint density at radius 1 is 0.909 bits per heavy atom. The lowest BCUT2D eigenvalue weighted by atomic mass is 10.00. The summed E-state index contributed by atoms with van der Waals surface area (Å²) in [5.74, 6) is -14.4. The van der Waals surface area contributed by atoms with Gasteiger partial charge in [-0.05, 0) is 0 Å². The molecule has 0 amide bonds. The zero-order chi connectivity index (χ0) is 17.9. The van der Waals surface area contributed by atoms with E-state index in [0.29, 0.717) is 0 Å². The maximum absolute atomic E-state index is 13.0. The van der Waals surface area contributed by atoms with Crippen LogP contribution in [0.5, 0.6) is 0 Å². The Hall–Kier alpha value is -1.49. The van der Waals surface area contributed by atoms with Gasteiger partial charge in [0.15, 0.2) is 12.3 Å². The molecule has 12 heteroatoms. The molecular formula is C10H8F10O2. The zero-order valence-electron chi connectivity index (χ0n) is 10.3. The largest absolute Gasteiger partial charge is 0.421 e. The molecule has 0 aromatic carbocycles. The van der Waals surface area contributed by atoms with Crippen molar-refractivity contribution in [3.8, 4) is 0 Å². The molecular weight excluding hydrogens is 342 g/mol. The van der Waals surface area contributed by atoms with E-state index in [1.807, 2.05) is 0 Å². The van der Waals surface area contributed by atoms with E-state index >= 15 is 0 Å². The first-order valence-corrected chi connectivity index (χ1v) is 5.23. The molecule has 0 aliphatic rings. The zero-order valence-corrected chi connectivity index (χ0v) is 10.3. The normalized spacial score (nSPS) is 18.5. The minimum absolute atomic E-state index is 0.0973. The number of esters is 1. The lowest BCUT2D eigenvalue weighted by Crippen LogP contribution is -2.58. The summed E-state index contributed by atoms with van der Waals surface area (Å²) in [6, 6.07) is 0. The van der Waals surface area contributed by atoms with Crippen LogP contribution in [0.1, 0.15) is 0 Å². The highest BCUT2D eigenvalue weighted by molar-refractivity contribution is 5.81. The first-order valence-electron chi connectivity index (χ1n) is 5.23. The molecule has 0 saturated carbocycles. The molecule has 0 heterocycles. The predicted molar refractivity (Wildman–Crippen MR) is 51.8 cm³/mol. The van der Waals surface area contributed by atoms with Crippen molar-refractivity contribution < 1.29 is 53.4 Å². The summed E-state index contributed by atoms with van der Waals surface area (Å²) in [6.45, 7) is 2.62. The lowest BCUT2D eigenvalue weighted by molar-refractivity contribution is -0.310. The second kappa shape index (κ2) is 7.18. The van der Waals surface area contributed by atoms with Crippen LogP contribution in [-0.4, -0.2) is 49.1 Å². The Labute approximate surface area is 116 Å². The third-order valence-corrected chi connectivity index (χ3v) is 2.29. The first kappa shape index (κ1) is 20.5. The molecule has 22 heavy (non-hydrogen) atoms. The smallest absolute Gasteiger partial charge is 0.378 e. The number of hydrogen-bond donors (Lipinski definition) is 0. The molecule has 0 aliphatic carbocycles. The van der Waals surface area contributed by atoms with E-state index in [-0.39, 0.29) is 6.08 Å². The molecule has 4 atom stereocenters. The van der Waals surface area contributed by atoms with E-state index in [9.17, 15) is 48.7 Å². The van der Waals surface area contributed by atoms with E-state index in [2.05, 4.69) is 11.3 Å². The summed E-state index contributed by atoms with van der Waals surface area (Å²) in [4.78, 5) is 10.4. The topological polar surface area (TPSA) is 26.3 Å². The van der Waals surface area contributed by atoms with Crippen LogP contribution in [0.4, 0.5) is 43.9 Å². The third kappa shape index (κ3) is 4.03. The van der Waals surface area contributed by atoms with Crippen molar-refractivity contribution in [2.24, 2.45) is 0 Å². The predicted octanol–water partition coefficient (Wildman–Crippen LogP) is 3.56.